The zero-order chi connectivity index (χ0) is 11.8. The van der Waals surface area contributed by atoms with Gasteiger partial charge in [-0.2, -0.15) is 15.8 Å². The second kappa shape index (κ2) is 6.06. The molecule has 16 heavy (non-hydrogen) atoms. The molecule has 0 aliphatic heterocycles. The molecular formula is C12H10N4. The lowest BCUT2D eigenvalue weighted by atomic mass is 10.1. The van der Waals surface area contributed by atoms with Crippen molar-refractivity contribution in [2.75, 3.05) is 11.9 Å². The molecule has 0 spiro atoms. The van der Waals surface area contributed by atoms with Crippen molar-refractivity contribution in [3.8, 4) is 18.2 Å². The van der Waals surface area contributed by atoms with Crippen molar-refractivity contribution < 1.29 is 0 Å². The van der Waals surface area contributed by atoms with E-state index >= 15 is 0 Å². The van der Waals surface area contributed by atoms with E-state index in [0.717, 1.165) is 12.1 Å². The zero-order valence-corrected chi connectivity index (χ0v) is 8.70. The van der Waals surface area contributed by atoms with Gasteiger partial charge in [-0.15, -0.1) is 0 Å². The first-order chi connectivity index (χ1) is 7.81. The van der Waals surface area contributed by atoms with E-state index in [4.69, 9.17) is 15.8 Å². The third kappa shape index (κ3) is 3.01. The highest BCUT2D eigenvalue weighted by molar-refractivity contribution is 5.56. The average Bonchev–Trinajstić information content (AvgIpc) is 2.34. The van der Waals surface area contributed by atoms with E-state index in [9.17, 15) is 0 Å². The van der Waals surface area contributed by atoms with Gasteiger partial charge in [-0.1, -0.05) is 0 Å². The standard InChI is InChI=1S/C12H10N4/c13-5-1-2-6-16-12-4-3-10(8-14)11(7-12)9-15/h3-4,7,16H,1-2,6H2. The van der Waals surface area contributed by atoms with Gasteiger partial charge < -0.3 is 5.32 Å². The fourth-order valence-corrected chi connectivity index (χ4v) is 1.24. The summed E-state index contributed by atoms with van der Waals surface area (Å²) in [5.74, 6) is 0. The summed E-state index contributed by atoms with van der Waals surface area (Å²) in [7, 11) is 0. The quantitative estimate of drug-likeness (QED) is 0.771. The molecule has 0 aromatic heterocycles. The lowest BCUT2D eigenvalue weighted by Crippen LogP contribution is -2.01. The minimum atomic E-state index is 0.368. The molecule has 1 N–H and O–H groups in total. The summed E-state index contributed by atoms with van der Waals surface area (Å²) < 4.78 is 0. The van der Waals surface area contributed by atoms with Gasteiger partial charge in [-0.25, -0.2) is 0 Å². The lowest BCUT2D eigenvalue weighted by Gasteiger charge is -2.05. The molecule has 0 saturated heterocycles. The molecule has 0 amide bonds. The number of anilines is 1. The smallest absolute Gasteiger partial charge is 0.101 e. The molecule has 0 atom stereocenters. The predicted molar refractivity (Wildman–Crippen MR) is 59.2 cm³/mol. The Balaban J connectivity index is 2.67. The van der Waals surface area contributed by atoms with E-state index in [1.165, 1.54) is 0 Å². The van der Waals surface area contributed by atoms with Crippen molar-refractivity contribution in [3.05, 3.63) is 29.3 Å². The fourth-order valence-electron chi connectivity index (χ4n) is 1.24. The van der Waals surface area contributed by atoms with Crippen LogP contribution in [0.15, 0.2) is 18.2 Å². The highest BCUT2D eigenvalue weighted by Gasteiger charge is 2.01. The van der Waals surface area contributed by atoms with Crippen LogP contribution in [-0.2, 0) is 0 Å². The Morgan fingerprint density at radius 1 is 1.06 bits per heavy atom. The topological polar surface area (TPSA) is 83.4 Å². The van der Waals surface area contributed by atoms with Crippen LogP contribution in [0.2, 0.25) is 0 Å². The van der Waals surface area contributed by atoms with Crippen LogP contribution in [0.3, 0.4) is 0 Å². The van der Waals surface area contributed by atoms with Gasteiger partial charge in [0, 0.05) is 18.7 Å². The highest BCUT2D eigenvalue weighted by Crippen LogP contribution is 2.14. The molecule has 4 nitrogen and oxygen atoms in total. The average molecular weight is 210 g/mol. The summed E-state index contributed by atoms with van der Waals surface area (Å²) in [6, 6.07) is 11.0. The first-order valence-electron chi connectivity index (χ1n) is 4.87. The molecule has 0 aliphatic rings. The first kappa shape index (κ1) is 11.6. The second-order valence-corrected chi connectivity index (χ2v) is 3.17. The van der Waals surface area contributed by atoms with E-state index in [2.05, 4.69) is 11.4 Å². The number of benzene rings is 1. The minimum absolute atomic E-state index is 0.368. The van der Waals surface area contributed by atoms with Crippen LogP contribution in [0.4, 0.5) is 5.69 Å². The third-order valence-corrected chi connectivity index (χ3v) is 2.05. The summed E-state index contributed by atoms with van der Waals surface area (Å²) in [5, 5.41) is 29.0. The monoisotopic (exact) mass is 210 g/mol. The van der Waals surface area contributed by atoms with Crippen LogP contribution in [0, 0.1) is 34.0 Å². The molecule has 1 aromatic rings. The molecule has 1 aromatic carbocycles. The molecule has 0 aliphatic carbocycles. The molecule has 0 radical (unpaired) electrons. The van der Waals surface area contributed by atoms with Gasteiger partial charge in [0.15, 0.2) is 0 Å². The summed E-state index contributed by atoms with van der Waals surface area (Å²) in [6.07, 6.45) is 1.27. The van der Waals surface area contributed by atoms with Crippen LogP contribution < -0.4 is 5.32 Å². The van der Waals surface area contributed by atoms with Gasteiger partial charge in [0.2, 0.25) is 0 Å². The van der Waals surface area contributed by atoms with Crippen molar-refractivity contribution in [2.24, 2.45) is 0 Å². The number of nitrogens with one attached hydrogen (secondary N) is 1. The summed E-state index contributed by atoms with van der Waals surface area (Å²) in [6.45, 7) is 0.685. The Morgan fingerprint density at radius 2 is 1.81 bits per heavy atom. The van der Waals surface area contributed by atoms with E-state index in [0.29, 0.717) is 24.1 Å². The van der Waals surface area contributed by atoms with Crippen molar-refractivity contribution in [1.82, 2.24) is 0 Å². The van der Waals surface area contributed by atoms with Crippen LogP contribution >= 0.6 is 0 Å². The van der Waals surface area contributed by atoms with Gasteiger partial charge >= 0.3 is 0 Å². The molecule has 78 valence electrons. The minimum Gasteiger partial charge on any atom is -0.385 e. The maximum absolute atomic E-state index is 8.81. The van der Waals surface area contributed by atoms with Crippen molar-refractivity contribution in [2.45, 2.75) is 12.8 Å². The SMILES string of the molecule is N#CCCCNc1ccc(C#N)c(C#N)c1. The summed E-state index contributed by atoms with van der Waals surface area (Å²) >= 11 is 0. The van der Waals surface area contributed by atoms with Crippen molar-refractivity contribution in [1.29, 1.82) is 15.8 Å². The Morgan fingerprint density at radius 3 is 2.44 bits per heavy atom. The largest absolute Gasteiger partial charge is 0.385 e. The predicted octanol–water partition coefficient (Wildman–Crippen LogP) is 2.15. The van der Waals surface area contributed by atoms with Gasteiger partial charge in [0.25, 0.3) is 0 Å². The van der Waals surface area contributed by atoms with E-state index in [1.807, 2.05) is 12.1 Å². The third-order valence-electron chi connectivity index (χ3n) is 2.05. The number of hydrogen-bond acceptors (Lipinski definition) is 4. The van der Waals surface area contributed by atoms with Crippen molar-refractivity contribution in [3.63, 3.8) is 0 Å². The summed E-state index contributed by atoms with van der Waals surface area (Å²) in [4.78, 5) is 0. The Labute approximate surface area is 94.3 Å². The summed E-state index contributed by atoms with van der Waals surface area (Å²) in [5.41, 5.74) is 1.55. The maximum Gasteiger partial charge on any atom is 0.101 e. The lowest BCUT2D eigenvalue weighted by molar-refractivity contribution is 0.897. The number of hydrogen-bond donors (Lipinski definition) is 1. The molecule has 0 bridgehead atoms. The molecular weight excluding hydrogens is 200 g/mol. The Hall–Kier alpha value is -2.51. The number of unbranched alkanes of at least 4 members (excludes halogenated alkanes) is 1. The molecule has 0 unspecified atom stereocenters. The Bertz CT molecular complexity index is 485. The van der Waals surface area contributed by atoms with Crippen LogP contribution in [0.25, 0.3) is 0 Å². The Kier molecular flexibility index (Phi) is 4.38. The van der Waals surface area contributed by atoms with Crippen LogP contribution in [0.1, 0.15) is 24.0 Å². The number of rotatable bonds is 4. The van der Waals surface area contributed by atoms with E-state index in [1.54, 1.807) is 18.2 Å². The second-order valence-electron chi connectivity index (χ2n) is 3.17. The van der Waals surface area contributed by atoms with E-state index in [-0.39, 0.29) is 0 Å². The van der Waals surface area contributed by atoms with Crippen LogP contribution in [0.5, 0.6) is 0 Å². The fraction of sp³-hybridized carbons (Fsp3) is 0.250. The maximum atomic E-state index is 8.81. The molecule has 4 heteroatoms. The number of nitriles is 3. The normalized spacial score (nSPS) is 8.56. The number of nitrogens with zero attached hydrogens (tertiary/aromatic N) is 3. The molecule has 1 rings (SSSR count). The molecule has 0 fully saturated rings. The highest BCUT2D eigenvalue weighted by atomic mass is 14.9. The van der Waals surface area contributed by atoms with Gasteiger partial charge in [-0.05, 0) is 24.6 Å². The van der Waals surface area contributed by atoms with Gasteiger partial charge in [0.05, 0.1) is 17.2 Å². The molecule has 0 heterocycles. The van der Waals surface area contributed by atoms with Crippen LogP contribution in [-0.4, -0.2) is 6.54 Å². The van der Waals surface area contributed by atoms with Crippen molar-refractivity contribution >= 4 is 5.69 Å². The van der Waals surface area contributed by atoms with E-state index < -0.39 is 0 Å². The molecule has 0 saturated carbocycles. The van der Waals surface area contributed by atoms with Gasteiger partial charge in [-0.3, -0.25) is 0 Å². The van der Waals surface area contributed by atoms with Gasteiger partial charge in [0.1, 0.15) is 12.1 Å². The first-order valence-corrected chi connectivity index (χ1v) is 4.87. The zero-order valence-electron chi connectivity index (χ0n) is 8.70.